The Hall–Kier alpha value is -0.120. The zero-order chi connectivity index (χ0) is 11.4. The van der Waals surface area contributed by atoms with Crippen LogP contribution in [0.25, 0.3) is 0 Å². The Morgan fingerprint density at radius 1 is 1.25 bits per heavy atom. The van der Waals surface area contributed by atoms with Crippen molar-refractivity contribution in [3.63, 3.8) is 0 Å². The number of morpholine rings is 1. The van der Waals surface area contributed by atoms with Crippen molar-refractivity contribution in [1.29, 1.82) is 0 Å². The lowest BCUT2D eigenvalue weighted by Crippen LogP contribution is -2.42. The van der Waals surface area contributed by atoms with E-state index in [1.54, 1.807) is 0 Å². The van der Waals surface area contributed by atoms with E-state index in [0.29, 0.717) is 18.2 Å². The van der Waals surface area contributed by atoms with E-state index in [1.807, 2.05) is 7.05 Å². The monoisotopic (exact) mass is 226 g/mol. The Morgan fingerprint density at radius 2 is 1.94 bits per heavy atom. The van der Waals surface area contributed by atoms with Crippen molar-refractivity contribution in [2.24, 2.45) is 0 Å². The van der Waals surface area contributed by atoms with E-state index in [9.17, 15) is 0 Å². The summed E-state index contributed by atoms with van der Waals surface area (Å²) < 4.78 is 5.84. The lowest BCUT2D eigenvalue weighted by molar-refractivity contribution is -0.0385. The van der Waals surface area contributed by atoms with Gasteiger partial charge in [0.05, 0.1) is 12.2 Å². The number of nitrogens with zero attached hydrogens (tertiary/aromatic N) is 1. The second kappa shape index (κ2) is 5.99. The molecule has 3 unspecified atom stereocenters. The summed E-state index contributed by atoms with van der Waals surface area (Å²) in [7, 11) is 2.05. The first-order valence-electron chi connectivity index (χ1n) is 6.83. The number of rotatable bonds is 6. The van der Waals surface area contributed by atoms with Crippen LogP contribution in [0.4, 0.5) is 0 Å². The predicted octanol–water partition coefficient (Wildman–Crippen LogP) is 1.63. The van der Waals surface area contributed by atoms with Crippen molar-refractivity contribution < 1.29 is 4.74 Å². The maximum absolute atomic E-state index is 5.84. The number of hydrogen-bond acceptors (Lipinski definition) is 3. The predicted molar refractivity (Wildman–Crippen MR) is 66.7 cm³/mol. The fourth-order valence-electron chi connectivity index (χ4n) is 2.81. The lowest BCUT2D eigenvalue weighted by atomic mass is 10.1. The van der Waals surface area contributed by atoms with Crippen molar-refractivity contribution in [1.82, 2.24) is 10.2 Å². The van der Waals surface area contributed by atoms with E-state index in [-0.39, 0.29) is 0 Å². The summed E-state index contributed by atoms with van der Waals surface area (Å²) >= 11 is 0. The molecule has 3 atom stereocenters. The molecule has 2 bridgehead atoms. The molecule has 1 N–H and O–H groups in total. The van der Waals surface area contributed by atoms with Crippen LogP contribution in [0.3, 0.4) is 0 Å². The summed E-state index contributed by atoms with van der Waals surface area (Å²) in [5, 5.41) is 3.29. The summed E-state index contributed by atoms with van der Waals surface area (Å²) in [6.07, 6.45) is 7.66. The third kappa shape index (κ3) is 3.44. The van der Waals surface area contributed by atoms with E-state index in [0.717, 1.165) is 0 Å². The number of ether oxygens (including phenoxy) is 1. The maximum Gasteiger partial charge on any atom is 0.0707 e. The molecule has 0 aromatic rings. The zero-order valence-corrected chi connectivity index (χ0v) is 10.7. The molecule has 94 valence electrons. The lowest BCUT2D eigenvalue weighted by Gasteiger charge is -2.32. The van der Waals surface area contributed by atoms with Crippen molar-refractivity contribution in [3.8, 4) is 0 Å². The molecule has 2 saturated heterocycles. The first kappa shape index (κ1) is 12.3. The van der Waals surface area contributed by atoms with E-state index in [1.165, 1.54) is 51.7 Å². The Bertz CT molecular complexity index is 198. The summed E-state index contributed by atoms with van der Waals surface area (Å²) in [6.45, 7) is 5.89. The van der Waals surface area contributed by atoms with Crippen molar-refractivity contribution in [2.75, 3.05) is 26.7 Å². The smallest absolute Gasteiger partial charge is 0.0707 e. The SMILES string of the molecule is CNC(C)CCCCN1CC2CCC(C1)O2. The molecule has 3 heteroatoms. The largest absolute Gasteiger partial charge is 0.372 e. The highest BCUT2D eigenvalue weighted by Gasteiger charge is 2.33. The molecule has 3 nitrogen and oxygen atoms in total. The van der Waals surface area contributed by atoms with Gasteiger partial charge in [0, 0.05) is 19.1 Å². The van der Waals surface area contributed by atoms with Crippen LogP contribution < -0.4 is 5.32 Å². The first-order valence-corrected chi connectivity index (χ1v) is 6.83. The molecule has 0 amide bonds. The number of hydrogen-bond donors (Lipinski definition) is 1. The highest BCUT2D eigenvalue weighted by molar-refractivity contribution is 4.84. The quantitative estimate of drug-likeness (QED) is 0.697. The first-order chi connectivity index (χ1) is 7.78. The molecule has 0 saturated carbocycles. The van der Waals surface area contributed by atoms with Crippen LogP contribution in [0.5, 0.6) is 0 Å². The van der Waals surface area contributed by atoms with Gasteiger partial charge in [-0.1, -0.05) is 6.42 Å². The van der Waals surface area contributed by atoms with Gasteiger partial charge in [-0.05, 0) is 46.2 Å². The van der Waals surface area contributed by atoms with Crippen LogP contribution in [-0.4, -0.2) is 49.8 Å². The summed E-state index contributed by atoms with van der Waals surface area (Å²) in [5.41, 5.74) is 0. The van der Waals surface area contributed by atoms with E-state index in [4.69, 9.17) is 4.74 Å². The summed E-state index contributed by atoms with van der Waals surface area (Å²) in [6, 6.07) is 0.667. The maximum atomic E-state index is 5.84. The Balaban J connectivity index is 1.56. The Morgan fingerprint density at radius 3 is 2.56 bits per heavy atom. The van der Waals surface area contributed by atoms with Gasteiger partial charge >= 0.3 is 0 Å². The van der Waals surface area contributed by atoms with Crippen LogP contribution in [-0.2, 0) is 4.74 Å². The topological polar surface area (TPSA) is 24.5 Å². The highest BCUT2D eigenvalue weighted by Crippen LogP contribution is 2.26. The summed E-state index contributed by atoms with van der Waals surface area (Å²) in [5.74, 6) is 0. The van der Waals surface area contributed by atoms with Gasteiger partial charge in [0.25, 0.3) is 0 Å². The molecule has 0 aromatic carbocycles. The molecular weight excluding hydrogens is 200 g/mol. The molecule has 16 heavy (non-hydrogen) atoms. The number of fused-ring (bicyclic) bond motifs is 2. The standard InChI is InChI=1S/C13H26N2O/c1-11(14-2)5-3-4-8-15-9-12-6-7-13(10-15)16-12/h11-14H,3-10H2,1-2H3. The van der Waals surface area contributed by atoms with Crippen molar-refractivity contribution in [3.05, 3.63) is 0 Å². The fourth-order valence-corrected chi connectivity index (χ4v) is 2.81. The number of likely N-dealkylation sites (tertiary alicyclic amines) is 1. The Kier molecular flexibility index (Phi) is 4.62. The van der Waals surface area contributed by atoms with Crippen molar-refractivity contribution >= 4 is 0 Å². The molecular formula is C13H26N2O. The van der Waals surface area contributed by atoms with Crippen LogP contribution in [0.15, 0.2) is 0 Å². The van der Waals surface area contributed by atoms with Crippen LogP contribution in [0.1, 0.15) is 39.0 Å². The van der Waals surface area contributed by atoms with Crippen molar-refractivity contribution in [2.45, 2.75) is 57.3 Å². The van der Waals surface area contributed by atoms with Crippen LogP contribution in [0.2, 0.25) is 0 Å². The normalized spacial score (nSPS) is 31.9. The zero-order valence-electron chi connectivity index (χ0n) is 10.7. The highest BCUT2D eigenvalue weighted by atomic mass is 16.5. The minimum atomic E-state index is 0.551. The second-order valence-electron chi connectivity index (χ2n) is 5.40. The molecule has 2 aliphatic rings. The molecule has 2 aliphatic heterocycles. The van der Waals surface area contributed by atoms with Gasteiger partial charge in [-0.15, -0.1) is 0 Å². The molecule has 0 aromatic heterocycles. The second-order valence-corrected chi connectivity index (χ2v) is 5.40. The average Bonchev–Trinajstić information content (AvgIpc) is 2.64. The number of unbranched alkanes of at least 4 members (excludes halogenated alkanes) is 1. The minimum Gasteiger partial charge on any atom is -0.372 e. The molecule has 0 aliphatic carbocycles. The van der Waals surface area contributed by atoms with E-state index >= 15 is 0 Å². The van der Waals surface area contributed by atoms with Gasteiger partial charge in [0.15, 0.2) is 0 Å². The molecule has 0 radical (unpaired) electrons. The molecule has 0 spiro atoms. The van der Waals surface area contributed by atoms with E-state index < -0.39 is 0 Å². The van der Waals surface area contributed by atoms with Gasteiger partial charge < -0.3 is 10.1 Å². The van der Waals surface area contributed by atoms with Gasteiger partial charge in [-0.2, -0.15) is 0 Å². The van der Waals surface area contributed by atoms with Crippen LogP contribution in [0, 0.1) is 0 Å². The third-order valence-electron chi connectivity index (χ3n) is 3.97. The Labute approximate surface area is 99.5 Å². The minimum absolute atomic E-state index is 0.551. The van der Waals surface area contributed by atoms with E-state index in [2.05, 4.69) is 17.1 Å². The fraction of sp³-hybridized carbons (Fsp3) is 1.00. The number of nitrogens with one attached hydrogen (secondary N) is 1. The van der Waals surface area contributed by atoms with Gasteiger partial charge in [0.1, 0.15) is 0 Å². The summed E-state index contributed by atoms with van der Waals surface area (Å²) in [4.78, 5) is 2.61. The molecule has 2 fully saturated rings. The van der Waals surface area contributed by atoms with Gasteiger partial charge in [-0.25, -0.2) is 0 Å². The molecule has 2 rings (SSSR count). The molecule has 2 heterocycles. The average molecular weight is 226 g/mol. The third-order valence-corrected chi connectivity index (χ3v) is 3.97. The van der Waals surface area contributed by atoms with Crippen LogP contribution >= 0.6 is 0 Å². The van der Waals surface area contributed by atoms with Gasteiger partial charge in [-0.3, -0.25) is 4.90 Å². The van der Waals surface area contributed by atoms with Gasteiger partial charge in [0.2, 0.25) is 0 Å².